The van der Waals surface area contributed by atoms with Gasteiger partial charge in [-0.15, -0.1) is 0 Å². The fourth-order valence-electron chi connectivity index (χ4n) is 3.40. The predicted octanol–water partition coefficient (Wildman–Crippen LogP) is 6.40. The van der Waals surface area contributed by atoms with Crippen LogP contribution in [0.2, 0.25) is 5.02 Å². The number of fused-ring (bicyclic) bond motifs is 2. The Balaban J connectivity index is 1.44. The van der Waals surface area contributed by atoms with Gasteiger partial charge in [0.2, 0.25) is 5.13 Å². The van der Waals surface area contributed by atoms with Gasteiger partial charge in [0.25, 0.3) is 0 Å². The van der Waals surface area contributed by atoms with Gasteiger partial charge in [-0.2, -0.15) is 5.10 Å². The van der Waals surface area contributed by atoms with Gasteiger partial charge in [0, 0.05) is 34.2 Å². The van der Waals surface area contributed by atoms with E-state index >= 15 is 0 Å². The second-order valence-corrected chi connectivity index (χ2v) is 8.12. The molecule has 0 spiro atoms. The summed E-state index contributed by atoms with van der Waals surface area (Å²) in [5.41, 5.74) is 7.32. The zero-order valence-electron chi connectivity index (χ0n) is 15.4. The fraction of sp³-hybridized carbons (Fsp3) is 0.0435. The average Bonchev–Trinajstić information content (AvgIpc) is 3.31. The molecule has 0 bridgehead atoms. The molecule has 29 heavy (non-hydrogen) atoms. The monoisotopic (exact) mass is 416 g/mol. The van der Waals surface area contributed by atoms with Crippen LogP contribution >= 0.6 is 22.9 Å². The van der Waals surface area contributed by atoms with Crippen LogP contribution in [-0.4, -0.2) is 15.8 Å². The molecule has 0 fully saturated rings. The molecule has 0 aliphatic carbocycles. The molecule has 0 saturated heterocycles. The molecular formula is C23H17ClN4S. The van der Waals surface area contributed by atoms with Crippen molar-refractivity contribution in [3.05, 3.63) is 95.1 Å². The molecule has 0 aliphatic heterocycles. The molecule has 0 amide bonds. The molecular weight excluding hydrogens is 400 g/mol. The number of aromatic nitrogens is 2. The molecule has 0 saturated carbocycles. The standard InChI is InChI=1S/C23H17ClN4S/c24-19-9-3-1-7-16(19)14-28-15-17(18-8-2-5-11-21(18)28)13-25-27-23-26-20-10-4-6-12-22(20)29-23/h1-13,15H,14H2,(H,26,27). The highest BCUT2D eigenvalue weighted by Gasteiger charge is 2.09. The average molecular weight is 417 g/mol. The van der Waals surface area contributed by atoms with E-state index in [2.05, 4.69) is 50.5 Å². The maximum atomic E-state index is 6.36. The van der Waals surface area contributed by atoms with Crippen LogP contribution < -0.4 is 5.43 Å². The van der Waals surface area contributed by atoms with Crippen molar-refractivity contribution in [3.8, 4) is 0 Å². The Kier molecular flexibility index (Phi) is 4.76. The first-order valence-corrected chi connectivity index (χ1v) is 10.4. The van der Waals surface area contributed by atoms with E-state index in [-0.39, 0.29) is 0 Å². The number of hydrogen-bond donors (Lipinski definition) is 1. The Labute approximate surface area is 177 Å². The van der Waals surface area contributed by atoms with Crippen LogP contribution in [0.15, 0.2) is 84.1 Å². The molecule has 6 heteroatoms. The summed E-state index contributed by atoms with van der Waals surface area (Å²) in [6.07, 6.45) is 3.95. The Bertz CT molecular complexity index is 1300. The Morgan fingerprint density at radius 3 is 2.69 bits per heavy atom. The molecule has 2 aromatic heterocycles. The topological polar surface area (TPSA) is 42.2 Å². The molecule has 0 unspecified atom stereocenters. The third-order valence-corrected chi connectivity index (χ3v) is 6.09. The van der Waals surface area contributed by atoms with Gasteiger partial charge in [0.05, 0.1) is 16.4 Å². The van der Waals surface area contributed by atoms with Crippen LogP contribution in [-0.2, 0) is 6.54 Å². The second-order valence-electron chi connectivity index (χ2n) is 6.68. The minimum absolute atomic E-state index is 0.708. The van der Waals surface area contributed by atoms with Gasteiger partial charge in [-0.1, -0.05) is 71.5 Å². The number of hydrazone groups is 1. The third-order valence-electron chi connectivity index (χ3n) is 4.78. The molecule has 0 aliphatic rings. The van der Waals surface area contributed by atoms with Gasteiger partial charge < -0.3 is 4.57 Å². The van der Waals surface area contributed by atoms with E-state index in [0.717, 1.165) is 42.4 Å². The van der Waals surface area contributed by atoms with E-state index in [0.29, 0.717) is 6.54 Å². The van der Waals surface area contributed by atoms with Crippen LogP contribution in [0.1, 0.15) is 11.1 Å². The Morgan fingerprint density at radius 1 is 1.00 bits per heavy atom. The van der Waals surface area contributed by atoms with Crippen LogP contribution in [0.4, 0.5) is 5.13 Å². The molecule has 3 aromatic carbocycles. The third kappa shape index (κ3) is 3.62. The van der Waals surface area contributed by atoms with Crippen molar-refractivity contribution < 1.29 is 0 Å². The summed E-state index contributed by atoms with van der Waals surface area (Å²) in [4.78, 5) is 4.55. The molecule has 5 aromatic rings. The van der Waals surface area contributed by atoms with Gasteiger partial charge in [-0.25, -0.2) is 4.98 Å². The van der Waals surface area contributed by atoms with Crippen LogP contribution in [0.25, 0.3) is 21.1 Å². The highest BCUT2D eigenvalue weighted by molar-refractivity contribution is 7.22. The number of benzene rings is 3. The fourth-order valence-corrected chi connectivity index (χ4v) is 4.41. The van der Waals surface area contributed by atoms with E-state index in [1.165, 1.54) is 0 Å². The zero-order valence-corrected chi connectivity index (χ0v) is 17.0. The van der Waals surface area contributed by atoms with Crippen molar-refractivity contribution >= 4 is 55.4 Å². The number of thiazole rings is 1. The van der Waals surface area contributed by atoms with Gasteiger partial charge in [-0.3, -0.25) is 5.43 Å². The maximum Gasteiger partial charge on any atom is 0.204 e. The minimum atomic E-state index is 0.708. The highest BCUT2D eigenvalue weighted by Crippen LogP contribution is 2.26. The summed E-state index contributed by atoms with van der Waals surface area (Å²) in [6.45, 7) is 0.708. The van der Waals surface area contributed by atoms with Crippen molar-refractivity contribution in [3.63, 3.8) is 0 Å². The largest absolute Gasteiger partial charge is 0.342 e. The van der Waals surface area contributed by atoms with E-state index in [1.54, 1.807) is 11.3 Å². The minimum Gasteiger partial charge on any atom is -0.342 e. The first kappa shape index (κ1) is 17.9. The molecule has 142 valence electrons. The number of para-hydroxylation sites is 2. The van der Waals surface area contributed by atoms with Crippen molar-refractivity contribution in [2.75, 3.05) is 5.43 Å². The molecule has 4 nitrogen and oxygen atoms in total. The van der Waals surface area contributed by atoms with Gasteiger partial charge >= 0.3 is 0 Å². The lowest BCUT2D eigenvalue weighted by Gasteiger charge is -2.07. The normalized spacial score (nSPS) is 11.6. The lowest BCUT2D eigenvalue weighted by molar-refractivity contribution is 0.836. The summed E-state index contributed by atoms with van der Waals surface area (Å²) < 4.78 is 3.34. The summed E-state index contributed by atoms with van der Waals surface area (Å²) >= 11 is 7.95. The van der Waals surface area contributed by atoms with Gasteiger partial charge in [0.15, 0.2) is 0 Å². The van der Waals surface area contributed by atoms with Crippen molar-refractivity contribution in [1.82, 2.24) is 9.55 Å². The summed E-state index contributed by atoms with van der Waals surface area (Å²) in [6, 6.07) is 24.3. The lowest BCUT2D eigenvalue weighted by atomic mass is 10.2. The number of anilines is 1. The molecule has 0 atom stereocenters. The van der Waals surface area contributed by atoms with Crippen LogP contribution in [0, 0.1) is 0 Å². The predicted molar refractivity (Wildman–Crippen MR) is 123 cm³/mol. The quantitative estimate of drug-likeness (QED) is 0.266. The van der Waals surface area contributed by atoms with E-state index in [4.69, 9.17) is 11.6 Å². The second kappa shape index (κ2) is 7.70. The molecule has 0 radical (unpaired) electrons. The van der Waals surface area contributed by atoms with Crippen LogP contribution in [0.5, 0.6) is 0 Å². The van der Waals surface area contributed by atoms with Gasteiger partial charge in [0.1, 0.15) is 0 Å². The van der Waals surface area contributed by atoms with E-state index in [1.807, 2.05) is 54.7 Å². The van der Waals surface area contributed by atoms with Crippen molar-refractivity contribution in [1.29, 1.82) is 0 Å². The number of rotatable bonds is 5. The number of nitrogens with one attached hydrogen (secondary N) is 1. The Hall–Kier alpha value is -3.15. The number of nitrogens with zero attached hydrogens (tertiary/aromatic N) is 3. The first-order valence-electron chi connectivity index (χ1n) is 9.24. The highest BCUT2D eigenvalue weighted by atomic mass is 35.5. The first-order chi connectivity index (χ1) is 14.3. The smallest absolute Gasteiger partial charge is 0.204 e. The molecule has 1 N–H and O–H groups in total. The number of halogens is 1. The van der Waals surface area contributed by atoms with Gasteiger partial charge in [-0.05, 0) is 29.8 Å². The van der Waals surface area contributed by atoms with E-state index < -0.39 is 0 Å². The van der Waals surface area contributed by atoms with Crippen molar-refractivity contribution in [2.24, 2.45) is 5.10 Å². The Morgan fingerprint density at radius 2 is 1.79 bits per heavy atom. The lowest BCUT2D eigenvalue weighted by Crippen LogP contribution is -1.98. The van der Waals surface area contributed by atoms with Crippen LogP contribution in [0.3, 0.4) is 0 Å². The molecule has 2 heterocycles. The SMILES string of the molecule is Clc1ccccc1Cn1cc(C=NNc2nc3ccccc3s2)c2ccccc21. The summed E-state index contributed by atoms with van der Waals surface area (Å²) in [5, 5.41) is 7.13. The maximum absolute atomic E-state index is 6.36. The van der Waals surface area contributed by atoms with Crippen molar-refractivity contribution in [2.45, 2.75) is 6.54 Å². The summed E-state index contributed by atoms with van der Waals surface area (Å²) in [5.74, 6) is 0. The molecule has 5 rings (SSSR count). The zero-order chi connectivity index (χ0) is 19.6. The van der Waals surface area contributed by atoms with E-state index in [9.17, 15) is 0 Å². The summed E-state index contributed by atoms with van der Waals surface area (Å²) in [7, 11) is 0. The number of hydrogen-bond acceptors (Lipinski definition) is 4.